The van der Waals surface area contributed by atoms with Gasteiger partial charge in [0.2, 0.25) is 5.91 Å². The third-order valence-electron chi connectivity index (χ3n) is 2.39. The molecular weight excluding hydrogens is 192 g/mol. The summed E-state index contributed by atoms with van der Waals surface area (Å²) in [6.45, 7) is 0.770. The Kier molecular flexibility index (Phi) is 2.71. The van der Waals surface area contributed by atoms with Gasteiger partial charge < -0.3 is 16.4 Å². The molecule has 1 aromatic heterocycles. The fraction of sp³-hybridized carbons (Fsp3) is 0.400. The molecule has 1 fully saturated rings. The number of amides is 1. The van der Waals surface area contributed by atoms with Gasteiger partial charge in [-0.15, -0.1) is 0 Å². The first-order valence-electron chi connectivity index (χ1n) is 5.00. The van der Waals surface area contributed by atoms with Crippen molar-refractivity contribution in [3.05, 3.63) is 18.5 Å². The predicted octanol–water partition coefficient (Wildman–Crippen LogP) is 0.354. The van der Waals surface area contributed by atoms with E-state index in [4.69, 9.17) is 5.73 Å². The number of nitrogen functional groups attached to an aromatic ring is 1. The van der Waals surface area contributed by atoms with Crippen molar-refractivity contribution in [2.24, 2.45) is 0 Å². The Labute approximate surface area is 88.1 Å². The average molecular weight is 206 g/mol. The lowest BCUT2D eigenvalue weighted by molar-refractivity contribution is -0.123. The Balaban J connectivity index is 2.04. The summed E-state index contributed by atoms with van der Waals surface area (Å²) in [5.74, 6) is 0.0451. The number of nitrogens with one attached hydrogen (secondary N) is 2. The smallest absolute Gasteiger partial charge is 0.242 e. The summed E-state index contributed by atoms with van der Waals surface area (Å²) in [5, 5.41) is 5.93. The SMILES string of the molecule is Nc1cncc(NC2CCCNC2=O)c1. The molecule has 1 amide bonds. The second-order valence-corrected chi connectivity index (χ2v) is 3.64. The second kappa shape index (κ2) is 4.16. The normalized spacial score (nSPS) is 20.8. The zero-order valence-corrected chi connectivity index (χ0v) is 8.36. The number of pyridine rings is 1. The van der Waals surface area contributed by atoms with Crippen molar-refractivity contribution in [1.29, 1.82) is 0 Å². The molecule has 2 rings (SSSR count). The van der Waals surface area contributed by atoms with Crippen molar-refractivity contribution < 1.29 is 4.79 Å². The molecule has 4 N–H and O–H groups in total. The molecule has 0 aromatic carbocycles. The van der Waals surface area contributed by atoms with Crippen LogP contribution in [0.3, 0.4) is 0 Å². The highest BCUT2D eigenvalue weighted by Gasteiger charge is 2.21. The maximum Gasteiger partial charge on any atom is 0.242 e. The van der Waals surface area contributed by atoms with E-state index in [0.29, 0.717) is 5.69 Å². The van der Waals surface area contributed by atoms with Crippen molar-refractivity contribution in [3.8, 4) is 0 Å². The summed E-state index contributed by atoms with van der Waals surface area (Å²) in [4.78, 5) is 15.4. The van der Waals surface area contributed by atoms with Crippen LogP contribution in [0.5, 0.6) is 0 Å². The summed E-state index contributed by atoms with van der Waals surface area (Å²) in [6, 6.07) is 1.61. The molecule has 1 aliphatic heterocycles. The lowest BCUT2D eigenvalue weighted by atomic mass is 10.1. The maximum atomic E-state index is 11.5. The number of aromatic nitrogens is 1. The summed E-state index contributed by atoms with van der Waals surface area (Å²) in [7, 11) is 0. The Morgan fingerprint density at radius 3 is 3.13 bits per heavy atom. The van der Waals surface area contributed by atoms with Crippen LogP contribution in [0.1, 0.15) is 12.8 Å². The van der Waals surface area contributed by atoms with Crippen LogP contribution in [0.25, 0.3) is 0 Å². The average Bonchev–Trinajstić information content (AvgIpc) is 2.22. The van der Waals surface area contributed by atoms with Crippen molar-refractivity contribution >= 4 is 17.3 Å². The summed E-state index contributed by atoms with van der Waals surface area (Å²) < 4.78 is 0. The molecule has 0 saturated carbocycles. The number of rotatable bonds is 2. The van der Waals surface area contributed by atoms with Gasteiger partial charge in [-0.1, -0.05) is 0 Å². The molecule has 1 aromatic rings. The van der Waals surface area contributed by atoms with Crippen LogP contribution >= 0.6 is 0 Å². The van der Waals surface area contributed by atoms with Crippen LogP contribution in [0.15, 0.2) is 18.5 Å². The zero-order valence-electron chi connectivity index (χ0n) is 8.36. The molecule has 0 bridgehead atoms. The summed E-state index contributed by atoms with van der Waals surface area (Å²) in [6.07, 6.45) is 5.09. The van der Waals surface area contributed by atoms with E-state index in [9.17, 15) is 4.79 Å². The fourth-order valence-electron chi connectivity index (χ4n) is 1.65. The highest BCUT2D eigenvalue weighted by Crippen LogP contribution is 2.14. The van der Waals surface area contributed by atoms with E-state index in [1.165, 1.54) is 0 Å². The Bertz CT molecular complexity index is 366. The van der Waals surface area contributed by atoms with E-state index in [-0.39, 0.29) is 11.9 Å². The van der Waals surface area contributed by atoms with E-state index < -0.39 is 0 Å². The topological polar surface area (TPSA) is 80.0 Å². The van der Waals surface area contributed by atoms with Gasteiger partial charge in [0.15, 0.2) is 0 Å². The highest BCUT2D eigenvalue weighted by molar-refractivity contribution is 5.85. The fourth-order valence-corrected chi connectivity index (χ4v) is 1.65. The van der Waals surface area contributed by atoms with Gasteiger partial charge in [0, 0.05) is 12.7 Å². The molecule has 2 heterocycles. The molecule has 15 heavy (non-hydrogen) atoms. The lowest BCUT2D eigenvalue weighted by Gasteiger charge is -2.23. The summed E-state index contributed by atoms with van der Waals surface area (Å²) >= 11 is 0. The van der Waals surface area contributed by atoms with Crippen molar-refractivity contribution in [2.75, 3.05) is 17.6 Å². The Morgan fingerprint density at radius 2 is 2.40 bits per heavy atom. The van der Waals surface area contributed by atoms with E-state index >= 15 is 0 Å². The molecule has 1 saturated heterocycles. The van der Waals surface area contributed by atoms with Gasteiger partial charge in [-0.3, -0.25) is 9.78 Å². The number of nitrogens with zero attached hydrogens (tertiary/aromatic N) is 1. The van der Waals surface area contributed by atoms with Crippen LogP contribution in [-0.4, -0.2) is 23.5 Å². The quantitative estimate of drug-likeness (QED) is 0.652. The monoisotopic (exact) mass is 206 g/mol. The molecule has 0 aliphatic carbocycles. The number of carbonyl (C=O) groups is 1. The van der Waals surface area contributed by atoms with Gasteiger partial charge in [-0.2, -0.15) is 0 Å². The predicted molar refractivity (Wildman–Crippen MR) is 58.3 cm³/mol. The van der Waals surface area contributed by atoms with Crippen LogP contribution in [-0.2, 0) is 4.79 Å². The van der Waals surface area contributed by atoms with Gasteiger partial charge in [0.05, 0.1) is 17.6 Å². The number of nitrogens with two attached hydrogens (primary N) is 1. The molecule has 5 heteroatoms. The molecule has 1 aliphatic rings. The van der Waals surface area contributed by atoms with Gasteiger partial charge in [-0.25, -0.2) is 0 Å². The molecule has 80 valence electrons. The van der Waals surface area contributed by atoms with Crippen LogP contribution < -0.4 is 16.4 Å². The first-order chi connectivity index (χ1) is 7.25. The second-order valence-electron chi connectivity index (χ2n) is 3.64. The van der Waals surface area contributed by atoms with Crippen LogP contribution in [0.4, 0.5) is 11.4 Å². The van der Waals surface area contributed by atoms with E-state index in [1.807, 2.05) is 0 Å². The van der Waals surface area contributed by atoms with E-state index in [2.05, 4.69) is 15.6 Å². The minimum Gasteiger partial charge on any atom is -0.397 e. The number of anilines is 2. The number of hydrogen-bond donors (Lipinski definition) is 3. The van der Waals surface area contributed by atoms with Crippen LogP contribution in [0.2, 0.25) is 0 Å². The first kappa shape index (κ1) is 9.76. The van der Waals surface area contributed by atoms with Gasteiger partial charge in [0.1, 0.15) is 6.04 Å². The number of piperidine rings is 1. The van der Waals surface area contributed by atoms with Crippen LogP contribution in [0, 0.1) is 0 Å². The lowest BCUT2D eigenvalue weighted by Crippen LogP contribution is -2.44. The van der Waals surface area contributed by atoms with Crippen molar-refractivity contribution in [1.82, 2.24) is 10.3 Å². The minimum absolute atomic E-state index is 0.0451. The summed E-state index contributed by atoms with van der Waals surface area (Å²) in [5.41, 5.74) is 6.98. The van der Waals surface area contributed by atoms with Crippen molar-refractivity contribution in [3.63, 3.8) is 0 Å². The van der Waals surface area contributed by atoms with Gasteiger partial charge in [-0.05, 0) is 18.9 Å². The molecule has 1 unspecified atom stereocenters. The Morgan fingerprint density at radius 1 is 1.53 bits per heavy atom. The highest BCUT2D eigenvalue weighted by atomic mass is 16.2. The zero-order chi connectivity index (χ0) is 10.7. The molecular formula is C10H14N4O. The third-order valence-corrected chi connectivity index (χ3v) is 2.39. The molecule has 5 nitrogen and oxygen atoms in total. The minimum atomic E-state index is -0.164. The Hall–Kier alpha value is -1.78. The van der Waals surface area contributed by atoms with Gasteiger partial charge >= 0.3 is 0 Å². The van der Waals surface area contributed by atoms with E-state index in [0.717, 1.165) is 25.1 Å². The molecule has 1 atom stereocenters. The first-order valence-corrected chi connectivity index (χ1v) is 5.00. The maximum absolute atomic E-state index is 11.5. The largest absolute Gasteiger partial charge is 0.397 e. The number of carbonyl (C=O) groups excluding carboxylic acids is 1. The van der Waals surface area contributed by atoms with Gasteiger partial charge in [0.25, 0.3) is 0 Å². The molecule has 0 radical (unpaired) electrons. The number of hydrogen-bond acceptors (Lipinski definition) is 4. The van der Waals surface area contributed by atoms with Crippen molar-refractivity contribution in [2.45, 2.75) is 18.9 Å². The molecule has 0 spiro atoms. The standard InChI is InChI=1S/C10H14N4O/c11-7-4-8(6-12-5-7)14-9-2-1-3-13-10(9)15/h4-6,9,14H,1-3,11H2,(H,13,15). The third kappa shape index (κ3) is 2.37. The van der Waals surface area contributed by atoms with E-state index in [1.54, 1.807) is 18.5 Å².